The minimum Gasteiger partial charge on any atom is -0.508 e. The van der Waals surface area contributed by atoms with Gasteiger partial charge in [0.2, 0.25) is 41.2 Å². The summed E-state index contributed by atoms with van der Waals surface area (Å²) in [7, 11) is 0.955. The van der Waals surface area contributed by atoms with Gasteiger partial charge in [-0.25, -0.2) is 4.79 Å². The molecule has 17 bridgehead atoms. The summed E-state index contributed by atoms with van der Waals surface area (Å²) in [6.07, 6.45) is -4.53. The molecular weight excluding hydrogens is 1300 g/mol. The lowest BCUT2D eigenvalue weighted by Gasteiger charge is -2.31. The van der Waals surface area contributed by atoms with Gasteiger partial charge in [0.1, 0.15) is 82.6 Å². The molecule has 18 N–H and O–H groups in total. The van der Waals surface area contributed by atoms with E-state index in [0.717, 1.165) is 67.8 Å². The summed E-state index contributed by atoms with van der Waals surface area (Å²) in [5.74, 6) is -14.9. The van der Waals surface area contributed by atoms with E-state index in [-0.39, 0.29) is 91.5 Å². The summed E-state index contributed by atoms with van der Waals surface area (Å²) in [5, 5.41) is 96.7. The van der Waals surface area contributed by atoms with Gasteiger partial charge >= 0.3 is 5.97 Å². The molecule has 0 aromatic heterocycles. The monoisotopic (exact) mass is 1360 g/mol. The second kappa shape index (κ2) is 27.5. The molecule has 0 saturated heterocycles. The highest BCUT2D eigenvalue weighted by molar-refractivity contribution is 6.32. The molecule has 7 aromatic rings. The van der Waals surface area contributed by atoms with Crippen LogP contribution in [0.5, 0.6) is 69.0 Å². The number of esters is 1. The fourth-order valence-electron chi connectivity index (χ4n) is 11.3. The van der Waals surface area contributed by atoms with E-state index in [9.17, 15) is 54.9 Å². The molecule has 29 nitrogen and oxygen atoms in total. The zero-order chi connectivity index (χ0) is 68.5. The number of fused-ring (bicyclic) bond motifs is 14. The minimum atomic E-state index is -2.25. The number of hydrogen-bond acceptors (Lipinski definition) is 22. The number of ether oxygens (including phenoxy) is 5. The van der Waals surface area contributed by atoms with Gasteiger partial charge in [-0.1, -0.05) is 47.5 Å². The van der Waals surface area contributed by atoms with Crippen LogP contribution in [-0.2, 0) is 49.5 Å². The summed E-state index contributed by atoms with van der Waals surface area (Å²) in [6.45, 7) is -0.731. The van der Waals surface area contributed by atoms with E-state index in [1.807, 2.05) is 0 Å². The number of aliphatic hydroxyl groups excluding tert-OH is 2. The molecule has 6 aliphatic heterocycles. The van der Waals surface area contributed by atoms with Crippen molar-refractivity contribution in [1.29, 1.82) is 0 Å². The number of nitrogens with two attached hydrogens (primary N) is 2. The number of methoxy groups -OCH3 is 1. The molecule has 498 valence electrons. The Morgan fingerprint density at radius 2 is 1.21 bits per heavy atom. The molecule has 6 aliphatic rings. The molecule has 0 saturated carbocycles. The smallest absolute Gasteiger partial charge is 0.333 e. The second-order valence-electron chi connectivity index (χ2n) is 22.5. The van der Waals surface area contributed by atoms with Crippen molar-refractivity contribution >= 4 is 70.5 Å². The zero-order valence-corrected chi connectivity index (χ0v) is 51.6. The maximum absolute atomic E-state index is 16.1. The van der Waals surface area contributed by atoms with E-state index in [4.69, 9.17) is 58.4 Å². The average molecular weight is 1360 g/mol. The number of carbonyl (C=O) groups excluding carboxylic acids is 8. The third kappa shape index (κ3) is 13.6. The van der Waals surface area contributed by atoms with Gasteiger partial charge in [-0.05, 0) is 112 Å². The Hall–Kier alpha value is -11.1. The molecule has 6 heterocycles. The molecule has 0 radical (unpaired) electrons. The lowest BCUT2D eigenvalue weighted by Crippen LogP contribution is -2.55. The van der Waals surface area contributed by atoms with Gasteiger partial charge in [-0.15, -0.1) is 0 Å². The van der Waals surface area contributed by atoms with Crippen LogP contribution < -0.4 is 67.6 Å². The van der Waals surface area contributed by atoms with E-state index < -0.39 is 172 Å². The van der Waals surface area contributed by atoms with Crippen LogP contribution in [0.3, 0.4) is 0 Å². The van der Waals surface area contributed by atoms with Crippen molar-refractivity contribution < 1.29 is 97.8 Å². The van der Waals surface area contributed by atoms with Crippen molar-refractivity contribution in [3.8, 4) is 80.1 Å². The third-order valence-electron chi connectivity index (χ3n) is 16.0. The predicted molar refractivity (Wildman–Crippen MR) is 336 cm³/mol. The molecule has 9 atom stereocenters. The summed E-state index contributed by atoms with van der Waals surface area (Å²) in [4.78, 5) is 119. The number of rotatable bonds is 8. The third-order valence-corrected chi connectivity index (χ3v) is 16.6. The Kier molecular flexibility index (Phi) is 19.0. The van der Waals surface area contributed by atoms with Crippen molar-refractivity contribution in [3.05, 3.63) is 164 Å². The quantitative estimate of drug-likeness (QED) is 0.0967. The molecule has 31 heteroatoms. The fraction of sp³-hybridized carbons (Fsp3) is 0.231. The first-order valence-electron chi connectivity index (χ1n) is 29.3. The number of amides is 7. The highest BCUT2D eigenvalue weighted by Gasteiger charge is 2.42. The average Bonchev–Trinajstić information content (AvgIpc) is 0.774. The van der Waals surface area contributed by atoms with Crippen LogP contribution in [0.4, 0.5) is 0 Å². The van der Waals surface area contributed by atoms with Crippen molar-refractivity contribution in [1.82, 2.24) is 37.2 Å². The van der Waals surface area contributed by atoms with Gasteiger partial charge in [0.15, 0.2) is 35.1 Å². The van der Waals surface area contributed by atoms with E-state index in [2.05, 4.69) is 37.2 Å². The number of carbonyl (C=O) groups is 8. The topological polar surface area (TPSA) is 461 Å². The molecular formula is C65H59Cl2N9O20. The molecule has 0 fully saturated rings. The maximum Gasteiger partial charge on any atom is 0.333 e. The first-order chi connectivity index (χ1) is 45.9. The van der Waals surface area contributed by atoms with Gasteiger partial charge in [0.05, 0.1) is 17.2 Å². The Balaban J connectivity index is 1.19. The highest BCUT2D eigenvalue weighted by Crippen LogP contribution is 2.49. The number of aromatic hydroxyl groups is 5. The molecule has 7 amide bonds. The van der Waals surface area contributed by atoms with E-state index in [0.29, 0.717) is 0 Å². The Labute approximate surface area is 553 Å². The van der Waals surface area contributed by atoms with Gasteiger partial charge in [-0.2, -0.15) is 0 Å². The Morgan fingerprint density at radius 3 is 1.88 bits per heavy atom. The van der Waals surface area contributed by atoms with Gasteiger partial charge in [0.25, 0.3) is 5.91 Å². The summed E-state index contributed by atoms with van der Waals surface area (Å²) in [5.41, 5.74) is 10.3. The molecule has 7 aromatic carbocycles. The van der Waals surface area contributed by atoms with Crippen LogP contribution >= 0.6 is 23.2 Å². The van der Waals surface area contributed by atoms with E-state index >= 15 is 19.2 Å². The zero-order valence-electron chi connectivity index (χ0n) is 50.0. The van der Waals surface area contributed by atoms with Crippen LogP contribution in [0.2, 0.25) is 10.0 Å². The molecule has 1 unspecified atom stereocenters. The number of phenols is 5. The first-order valence-corrected chi connectivity index (χ1v) is 30.1. The van der Waals surface area contributed by atoms with Gasteiger partial charge < -0.3 is 108 Å². The number of aliphatic hydroxyl groups is 2. The van der Waals surface area contributed by atoms with Crippen LogP contribution in [0, 0.1) is 0 Å². The van der Waals surface area contributed by atoms with E-state index in [1.165, 1.54) is 54.6 Å². The number of hydrogen-bond donors (Lipinski definition) is 16. The van der Waals surface area contributed by atoms with E-state index in [1.54, 1.807) is 0 Å². The Bertz CT molecular complexity index is 4350. The first kappa shape index (κ1) is 66.4. The van der Waals surface area contributed by atoms with Crippen LogP contribution in [-0.4, -0.2) is 128 Å². The van der Waals surface area contributed by atoms with Crippen molar-refractivity contribution in [3.63, 3.8) is 0 Å². The van der Waals surface area contributed by atoms with Crippen molar-refractivity contribution in [2.75, 3.05) is 26.8 Å². The number of nitrogens with one attached hydrogen (secondary N) is 7. The van der Waals surface area contributed by atoms with Crippen molar-refractivity contribution in [2.24, 2.45) is 11.5 Å². The maximum atomic E-state index is 16.1. The second-order valence-corrected chi connectivity index (χ2v) is 23.3. The summed E-state index contributed by atoms with van der Waals surface area (Å²) >= 11 is 14.1. The van der Waals surface area contributed by atoms with Crippen LogP contribution in [0.1, 0.15) is 81.7 Å². The molecule has 0 aliphatic carbocycles. The van der Waals surface area contributed by atoms with Crippen LogP contribution in [0.25, 0.3) is 11.1 Å². The summed E-state index contributed by atoms with van der Waals surface area (Å²) in [6, 6.07) is 8.37. The van der Waals surface area contributed by atoms with Gasteiger partial charge in [-0.3, -0.25) is 33.6 Å². The summed E-state index contributed by atoms with van der Waals surface area (Å²) < 4.78 is 30.7. The molecule has 0 spiro atoms. The molecule has 96 heavy (non-hydrogen) atoms. The fourth-order valence-corrected chi connectivity index (χ4v) is 11.7. The normalized spacial score (nSPS) is 21.1. The van der Waals surface area contributed by atoms with Crippen LogP contribution in [0.15, 0.2) is 115 Å². The number of halogens is 2. The highest BCUT2D eigenvalue weighted by atomic mass is 35.5. The minimum absolute atomic E-state index is 0.0229. The van der Waals surface area contributed by atoms with Gasteiger partial charge in [0, 0.05) is 61.4 Å². The number of benzene rings is 7. The lowest BCUT2D eigenvalue weighted by molar-refractivity contribution is -0.146. The van der Waals surface area contributed by atoms with Crippen molar-refractivity contribution in [2.45, 2.75) is 67.3 Å². The number of phenolic OH excluding ortho intramolecular Hbond substituents is 5. The lowest BCUT2D eigenvalue weighted by atomic mass is 9.89. The standard InChI is InChI=1S/C65H59Cl2N9O20/c1-92-65(91)54-36-24-33(79)25-42(82)49(36)35-18-28(4-6-40(35)80)51-61(87)76-55(64(90)75-54)56(83)29-5-9-44(38(67)19-29)95-48-22-31-21-47(57(48)96-45(10-13-77)59(85)70-12-11-68)94-43-8-2-26(14-37(43)66)15-39-58(84)72-52(62(88)74-53(31)63(89)73-51)30-16-32(78)23-34(17-30)93-46-20-27(3-7-41(46)81)50(69)60(86)71-39/h2-9,14,16-25,39,45,50-56,77-83H,10-13,15,68-69H2,1H3,(H,70,85)(H,71,86)(H,72,84)(H,73,89)(H,74,88)(H,75,90)(H,76,87)/t39-,45?,50+,51-,52+,53-,54+,55+,56-/m1/s1. The largest absolute Gasteiger partial charge is 0.508 e. The predicted octanol–water partition coefficient (Wildman–Crippen LogP) is 3.57. The SMILES string of the molecule is COC(=O)[C@H]1NC(=O)[C@H]2NC(=O)[C@H](NC(=O)[C@@H]3NC(=O)[C@H]4NC(=O)[C@@H](Cc5ccc(c(Cl)c5)Oc5cc3cc(c5OC(CCO)C(=O)NCCN)Oc3ccc(cc3Cl)[C@H]2O)NC(=O)[C@@H](N)c2ccc(O)c(c2)Oc2cc(O)cc4c2)c2ccc(O)c(c2)-c2c(O)cc(O)cc21. The Morgan fingerprint density at radius 1 is 0.604 bits per heavy atom. The molecule has 13 rings (SSSR count).